The van der Waals surface area contributed by atoms with Crippen LogP contribution in [0.2, 0.25) is 0 Å². The van der Waals surface area contributed by atoms with E-state index < -0.39 is 23.1 Å². The molecule has 0 atom stereocenters. The molecule has 1 nitrogen and oxygen atoms in total. The van der Waals surface area contributed by atoms with E-state index in [1.807, 2.05) is 0 Å². The summed E-state index contributed by atoms with van der Waals surface area (Å²) in [4.78, 5) is -0.320. The molecule has 0 unspecified atom stereocenters. The van der Waals surface area contributed by atoms with Crippen LogP contribution >= 0.6 is 12.6 Å². The van der Waals surface area contributed by atoms with Crippen molar-refractivity contribution in [1.29, 1.82) is 5.26 Å². The van der Waals surface area contributed by atoms with Gasteiger partial charge >= 0.3 is 6.18 Å². The molecule has 1 aromatic rings. The summed E-state index contributed by atoms with van der Waals surface area (Å²) in [5, 5.41) is 8.43. The largest absolute Gasteiger partial charge is 0.417 e. The number of benzene rings is 1. The lowest BCUT2D eigenvalue weighted by Gasteiger charge is -2.09. The highest BCUT2D eigenvalue weighted by Crippen LogP contribution is 2.34. The van der Waals surface area contributed by atoms with Crippen molar-refractivity contribution in [3.05, 3.63) is 29.1 Å². The fraction of sp³-hybridized carbons (Fsp3) is 0.125. The quantitative estimate of drug-likeness (QED) is 0.528. The Kier molecular flexibility index (Phi) is 2.71. The van der Waals surface area contributed by atoms with Gasteiger partial charge in [0.25, 0.3) is 0 Å². The van der Waals surface area contributed by atoms with Crippen LogP contribution in [0.25, 0.3) is 0 Å². The molecule has 0 aliphatic rings. The second-order valence-corrected chi connectivity index (χ2v) is 2.94. The van der Waals surface area contributed by atoms with Crippen molar-refractivity contribution in [2.24, 2.45) is 0 Å². The molecule has 0 amide bonds. The van der Waals surface area contributed by atoms with Gasteiger partial charge in [0.05, 0.1) is 11.1 Å². The van der Waals surface area contributed by atoms with Gasteiger partial charge in [0.2, 0.25) is 0 Å². The molecule has 1 aromatic carbocycles. The van der Waals surface area contributed by atoms with E-state index in [9.17, 15) is 17.6 Å². The maximum atomic E-state index is 12.6. The van der Waals surface area contributed by atoms with Gasteiger partial charge < -0.3 is 0 Å². The van der Waals surface area contributed by atoms with Crippen molar-refractivity contribution in [3.8, 4) is 6.07 Å². The Morgan fingerprint density at radius 1 is 1.29 bits per heavy atom. The Morgan fingerprint density at radius 3 is 2.29 bits per heavy atom. The van der Waals surface area contributed by atoms with Crippen LogP contribution in [0, 0.1) is 17.1 Å². The Bertz CT molecular complexity index is 405. The highest BCUT2D eigenvalue weighted by molar-refractivity contribution is 7.80. The van der Waals surface area contributed by atoms with Crippen LogP contribution in [-0.2, 0) is 6.18 Å². The van der Waals surface area contributed by atoms with Crippen LogP contribution in [0.15, 0.2) is 17.0 Å². The van der Waals surface area contributed by atoms with Crippen LogP contribution in [0.1, 0.15) is 11.1 Å². The molecule has 6 heteroatoms. The van der Waals surface area contributed by atoms with Crippen molar-refractivity contribution in [2.75, 3.05) is 0 Å². The van der Waals surface area contributed by atoms with Gasteiger partial charge in [-0.05, 0) is 12.1 Å². The summed E-state index contributed by atoms with van der Waals surface area (Å²) >= 11 is 3.59. The normalized spacial score (nSPS) is 11.1. The van der Waals surface area contributed by atoms with E-state index in [1.54, 1.807) is 0 Å². The van der Waals surface area contributed by atoms with E-state index in [0.717, 1.165) is 6.07 Å². The molecule has 0 fully saturated rings. The van der Waals surface area contributed by atoms with Gasteiger partial charge in [0.1, 0.15) is 11.9 Å². The molecule has 14 heavy (non-hydrogen) atoms. The number of hydrogen-bond acceptors (Lipinski definition) is 2. The first-order valence-electron chi connectivity index (χ1n) is 3.36. The molecule has 0 heterocycles. The molecule has 0 spiro atoms. The fourth-order valence-electron chi connectivity index (χ4n) is 0.934. The average molecular weight is 221 g/mol. The van der Waals surface area contributed by atoms with Gasteiger partial charge in [0.15, 0.2) is 0 Å². The van der Waals surface area contributed by atoms with Crippen molar-refractivity contribution in [1.82, 2.24) is 0 Å². The van der Waals surface area contributed by atoms with Gasteiger partial charge in [-0.25, -0.2) is 4.39 Å². The maximum Gasteiger partial charge on any atom is 0.417 e. The Labute approximate surface area is 82.4 Å². The summed E-state index contributed by atoms with van der Waals surface area (Å²) in [5.41, 5.74) is -1.97. The molecule has 0 aliphatic carbocycles. The van der Waals surface area contributed by atoms with Crippen LogP contribution in [0.4, 0.5) is 17.6 Å². The van der Waals surface area contributed by atoms with Crippen LogP contribution in [0.5, 0.6) is 0 Å². The van der Waals surface area contributed by atoms with E-state index in [1.165, 1.54) is 6.07 Å². The molecule has 0 saturated carbocycles. The van der Waals surface area contributed by atoms with Gasteiger partial charge in [-0.15, -0.1) is 12.6 Å². The number of nitriles is 1. The fourth-order valence-corrected chi connectivity index (χ4v) is 1.23. The third-order valence-corrected chi connectivity index (χ3v) is 1.85. The van der Waals surface area contributed by atoms with E-state index in [4.69, 9.17) is 5.26 Å². The zero-order valence-corrected chi connectivity index (χ0v) is 7.46. The summed E-state index contributed by atoms with van der Waals surface area (Å²) in [6.45, 7) is 0. The summed E-state index contributed by atoms with van der Waals surface area (Å²) < 4.78 is 49.3. The minimum atomic E-state index is -4.75. The van der Waals surface area contributed by atoms with E-state index in [2.05, 4.69) is 12.6 Å². The van der Waals surface area contributed by atoms with Crippen LogP contribution < -0.4 is 0 Å². The van der Waals surface area contributed by atoms with Crippen molar-refractivity contribution >= 4 is 12.6 Å². The molecular formula is C8H3F4NS. The predicted octanol–water partition coefficient (Wildman–Crippen LogP) is 3.00. The highest BCUT2D eigenvalue weighted by atomic mass is 32.1. The molecule has 0 radical (unpaired) electrons. The van der Waals surface area contributed by atoms with Crippen LogP contribution in [-0.4, -0.2) is 0 Å². The summed E-state index contributed by atoms with van der Waals surface area (Å²) in [7, 11) is 0. The summed E-state index contributed by atoms with van der Waals surface area (Å²) in [6, 6.07) is 2.37. The predicted molar refractivity (Wildman–Crippen MR) is 43.4 cm³/mol. The first-order chi connectivity index (χ1) is 6.36. The average Bonchev–Trinajstić information content (AvgIpc) is 2.01. The number of alkyl halides is 3. The van der Waals surface area contributed by atoms with Gasteiger partial charge in [-0.3, -0.25) is 0 Å². The zero-order chi connectivity index (χ0) is 10.9. The Hall–Kier alpha value is -1.22. The van der Waals surface area contributed by atoms with Gasteiger partial charge in [-0.1, -0.05) is 0 Å². The molecule has 0 aromatic heterocycles. The third-order valence-electron chi connectivity index (χ3n) is 1.50. The smallest absolute Gasteiger partial charge is 0.207 e. The molecule has 0 N–H and O–H groups in total. The molecule has 1 rings (SSSR count). The highest BCUT2D eigenvalue weighted by Gasteiger charge is 2.35. The van der Waals surface area contributed by atoms with Crippen molar-refractivity contribution in [3.63, 3.8) is 0 Å². The van der Waals surface area contributed by atoms with Gasteiger partial charge in [-0.2, -0.15) is 18.4 Å². The molecule has 74 valence electrons. The first-order valence-corrected chi connectivity index (χ1v) is 3.81. The van der Waals surface area contributed by atoms with Gasteiger partial charge in [0, 0.05) is 4.90 Å². The monoisotopic (exact) mass is 221 g/mol. The molecule has 0 aliphatic heterocycles. The number of nitrogens with zero attached hydrogens (tertiary/aromatic N) is 1. The summed E-state index contributed by atoms with van der Waals surface area (Å²) in [5.74, 6) is -1.07. The number of halogens is 4. The molecule has 0 bridgehead atoms. The standard InChI is InChI=1S/C8H3F4NS/c9-4-1-6(8(10,11)12)5(3-13)7(14)2-4/h1-2,14H. The molecular weight excluding hydrogens is 218 g/mol. The first kappa shape index (κ1) is 10.9. The summed E-state index contributed by atoms with van der Waals surface area (Å²) in [6.07, 6.45) is -4.75. The van der Waals surface area contributed by atoms with Crippen LogP contribution in [0.3, 0.4) is 0 Å². The lowest BCUT2D eigenvalue weighted by molar-refractivity contribution is -0.138. The second-order valence-electron chi connectivity index (χ2n) is 2.46. The van der Waals surface area contributed by atoms with Crippen molar-refractivity contribution in [2.45, 2.75) is 11.1 Å². The zero-order valence-electron chi connectivity index (χ0n) is 6.56. The second kappa shape index (κ2) is 3.50. The van der Waals surface area contributed by atoms with E-state index in [-0.39, 0.29) is 11.0 Å². The topological polar surface area (TPSA) is 23.8 Å². The number of rotatable bonds is 0. The van der Waals surface area contributed by atoms with Crippen molar-refractivity contribution < 1.29 is 17.6 Å². The Balaban J connectivity index is 3.50. The third kappa shape index (κ3) is 1.99. The lowest BCUT2D eigenvalue weighted by Crippen LogP contribution is -2.09. The molecule has 0 saturated heterocycles. The number of thiol groups is 1. The minimum absolute atomic E-state index is 0.276. The Morgan fingerprint density at radius 2 is 1.86 bits per heavy atom. The van der Waals surface area contributed by atoms with E-state index >= 15 is 0 Å². The SMILES string of the molecule is N#Cc1c(S)cc(F)cc1C(F)(F)F. The van der Waals surface area contributed by atoms with E-state index in [0.29, 0.717) is 0 Å². The number of hydrogen-bond donors (Lipinski definition) is 1. The lowest BCUT2D eigenvalue weighted by atomic mass is 10.1. The minimum Gasteiger partial charge on any atom is -0.207 e. The maximum absolute atomic E-state index is 12.6.